The molecule has 0 aromatic carbocycles. The second-order valence-corrected chi connectivity index (χ2v) is 5.80. The maximum absolute atomic E-state index is 11.8. The van der Waals surface area contributed by atoms with E-state index in [0.29, 0.717) is 25.9 Å². The number of unbranched alkanes of at least 4 members (excludes halogenated alkanes) is 1. The first-order valence-corrected chi connectivity index (χ1v) is 8.78. The molecule has 0 aliphatic carbocycles. The molecule has 0 bridgehead atoms. The summed E-state index contributed by atoms with van der Waals surface area (Å²) in [5, 5.41) is 3.03. The third kappa shape index (κ3) is 14.2. The molecule has 23 heavy (non-hydrogen) atoms. The number of carbonyl (C=O) groups excluding carboxylic acids is 2. The van der Waals surface area contributed by atoms with E-state index in [9.17, 15) is 9.59 Å². The van der Waals surface area contributed by atoms with E-state index < -0.39 is 0 Å². The van der Waals surface area contributed by atoms with Crippen molar-refractivity contribution >= 4 is 11.8 Å². The van der Waals surface area contributed by atoms with E-state index >= 15 is 0 Å². The van der Waals surface area contributed by atoms with Crippen molar-refractivity contribution in [2.24, 2.45) is 17.2 Å². The van der Waals surface area contributed by atoms with E-state index in [-0.39, 0.29) is 11.8 Å². The minimum absolute atomic E-state index is 0.242. The zero-order chi connectivity index (χ0) is 17.3. The maximum atomic E-state index is 11.8. The van der Waals surface area contributed by atoms with Crippen molar-refractivity contribution in [3.8, 4) is 0 Å². The first-order chi connectivity index (χ1) is 11.1. The SMILES string of the molecule is NC(=O)CCCCC(=O)N1CCCCCC1.NCCNCCN. The molecular formula is C16H35N5O2. The summed E-state index contributed by atoms with van der Waals surface area (Å²) in [4.78, 5) is 24.3. The zero-order valence-electron chi connectivity index (χ0n) is 14.4. The lowest BCUT2D eigenvalue weighted by Gasteiger charge is -2.20. The average molecular weight is 329 g/mol. The van der Waals surface area contributed by atoms with Gasteiger partial charge in [-0.3, -0.25) is 9.59 Å². The van der Waals surface area contributed by atoms with Crippen LogP contribution in [0.15, 0.2) is 0 Å². The van der Waals surface area contributed by atoms with Crippen molar-refractivity contribution in [2.45, 2.75) is 51.4 Å². The highest BCUT2D eigenvalue weighted by molar-refractivity contribution is 5.76. The van der Waals surface area contributed by atoms with E-state index in [0.717, 1.165) is 51.9 Å². The molecule has 0 radical (unpaired) electrons. The molecule has 0 spiro atoms. The summed E-state index contributed by atoms with van der Waals surface area (Å²) in [6, 6.07) is 0. The fourth-order valence-electron chi connectivity index (χ4n) is 2.38. The summed E-state index contributed by atoms with van der Waals surface area (Å²) in [6.45, 7) is 4.96. The Bertz CT molecular complexity index is 301. The summed E-state index contributed by atoms with van der Waals surface area (Å²) in [6.07, 6.45) is 7.21. The Morgan fingerprint density at radius 1 is 0.870 bits per heavy atom. The summed E-state index contributed by atoms with van der Waals surface area (Å²) in [5.41, 5.74) is 15.4. The topological polar surface area (TPSA) is 127 Å². The Labute approximate surface area is 140 Å². The fourth-order valence-corrected chi connectivity index (χ4v) is 2.38. The molecule has 0 aromatic heterocycles. The summed E-state index contributed by atoms with van der Waals surface area (Å²) < 4.78 is 0. The third-order valence-electron chi connectivity index (χ3n) is 3.66. The van der Waals surface area contributed by atoms with Crippen molar-refractivity contribution in [2.75, 3.05) is 39.3 Å². The molecule has 0 unspecified atom stereocenters. The number of nitrogens with one attached hydrogen (secondary N) is 1. The Morgan fingerprint density at radius 3 is 1.87 bits per heavy atom. The van der Waals surface area contributed by atoms with Crippen LogP contribution in [0.3, 0.4) is 0 Å². The molecule has 1 fully saturated rings. The van der Waals surface area contributed by atoms with Crippen LogP contribution < -0.4 is 22.5 Å². The van der Waals surface area contributed by atoms with Crippen LogP contribution in [0.25, 0.3) is 0 Å². The monoisotopic (exact) mass is 329 g/mol. The zero-order valence-corrected chi connectivity index (χ0v) is 14.4. The molecule has 1 rings (SSSR count). The minimum atomic E-state index is -0.276. The number of amides is 2. The van der Waals surface area contributed by atoms with Crippen LogP contribution in [0.1, 0.15) is 51.4 Å². The van der Waals surface area contributed by atoms with Crippen molar-refractivity contribution in [3.05, 3.63) is 0 Å². The van der Waals surface area contributed by atoms with Gasteiger partial charge in [-0.15, -0.1) is 0 Å². The van der Waals surface area contributed by atoms with E-state index in [1.54, 1.807) is 0 Å². The largest absolute Gasteiger partial charge is 0.370 e. The highest BCUT2D eigenvalue weighted by Gasteiger charge is 2.14. The van der Waals surface area contributed by atoms with E-state index in [2.05, 4.69) is 5.32 Å². The third-order valence-corrected chi connectivity index (χ3v) is 3.66. The lowest BCUT2D eigenvalue weighted by atomic mass is 10.1. The molecule has 2 amide bonds. The van der Waals surface area contributed by atoms with Gasteiger partial charge >= 0.3 is 0 Å². The summed E-state index contributed by atoms with van der Waals surface area (Å²) in [7, 11) is 0. The molecule has 1 aliphatic rings. The van der Waals surface area contributed by atoms with Crippen LogP contribution >= 0.6 is 0 Å². The predicted molar refractivity (Wildman–Crippen MR) is 93.7 cm³/mol. The van der Waals surface area contributed by atoms with Crippen molar-refractivity contribution in [1.82, 2.24) is 10.2 Å². The average Bonchev–Trinajstić information content (AvgIpc) is 2.82. The van der Waals surface area contributed by atoms with Crippen LogP contribution in [0.5, 0.6) is 0 Å². The van der Waals surface area contributed by atoms with Gasteiger partial charge in [0.05, 0.1) is 0 Å². The first kappa shape index (κ1) is 21.8. The number of nitrogens with zero attached hydrogens (tertiary/aromatic N) is 1. The van der Waals surface area contributed by atoms with E-state index in [1.807, 2.05) is 4.90 Å². The lowest BCUT2D eigenvalue weighted by Crippen LogP contribution is -2.31. The van der Waals surface area contributed by atoms with E-state index in [4.69, 9.17) is 17.2 Å². The Morgan fingerprint density at radius 2 is 1.39 bits per heavy atom. The molecule has 0 atom stereocenters. The van der Waals surface area contributed by atoms with Crippen LogP contribution in [-0.2, 0) is 9.59 Å². The van der Waals surface area contributed by atoms with Gasteiger partial charge in [-0.05, 0) is 25.7 Å². The van der Waals surface area contributed by atoms with Gasteiger partial charge in [0.25, 0.3) is 0 Å². The van der Waals surface area contributed by atoms with Gasteiger partial charge in [0, 0.05) is 52.1 Å². The van der Waals surface area contributed by atoms with Crippen molar-refractivity contribution in [3.63, 3.8) is 0 Å². The highest BCUT2D eigenvalue weighted by atomic mass is 16.2. The second kappa shape index (κ2) is 15.7. The van der Waals surface area contributed by atoms with Gasteiger partial charge in [-0.2, -0.15) is 0 Å². The number of likely N-dealkylation sites (tertiary alicyclic amines) is 1. The Balaban J connectivity index is 0.000000585. The number of nitrogens with two attached hydrogens (primary N) is 3. The van der Waals surface area contributed by atoms with Gasteiger partial charge in [0.15, 0.2) is 0 Å². The van der Waals surface area contributed by atoms with Crippen molar-refractivity contribution < 1.29 is 9.59 Å². The van der Waals surface area contributed by atoms with Gasteiger partial charge in [-0.1, -0.05) is 12.8 Å². The molecule has 7 nitrogen and oxygen atoms in total. The number of hydrogen-bond donors (Lipinski definition) is 4. The standard InChI is InChI=1S/C12H22N2O2.C4H13N3/c13-11(15)7-3-4-8-12(16)14-9-5-1-2-6-10-14;5-1-3-7-4-2-6/h1-10H2,(H2,13,15);7H,1-6H2. The smallest absolute Gasteiger partial charge is 0.222 e. The lowest BCUT2D eigenvalue weighted by molar-refractivity contribution is -0.131. The van der Waals surface area contributed by atoms with Gasteiger partial charge < -0.3 is 27.4 Å². The molecule has 1 heterocycles. The molecule has 1 aliphatic heterocycles. The molecule has 7 heteroatoms. The minimum Gasteiger partial charge on any atom is -0.370 e. The molecule has 0 saturated carbocycles. The molecule has 136 valence electrons. The number of carbonyl (C=O) groups is 2. The van der Waals surface area contributed by atoms with Gasteiger partial charge in [0.1, 0.15) is 0 Å². The second-order valence-electron chi connectivity index (χ2n) is 5.80. The summed E-state index contributed by atoms with van der Waals surface area (Å²) >= 11 is 0. The van der Waals surface area contributed by atoms with Gasteiger partial charge in [-0.25, -0.2) is 0 Å². The summed E-state index contributed by atoms with van der Waals surface area (Å²) in [5.74, 6) is -0.0337. The Hall–Kier alpha value is -1.18. The van der Waals surface area contributed by atoms with Gasteiger partial charge in [0.2, 0.25) is 11.8 Å². The number of primary amides is 1. The maximum Gasteiger partial charge on any atom is 0.222 e. The molecule has 0 aromatic rings. The van der Waals surface area contributed by atoms with Crippen LogP contribution in [0.2, 0.25) is 0 Å². The molecular weight excluding hydrogens is 294 g/mol. The Kier molecular flexibility index (Phi) is 14.9. The number of hydrogen-bond acceptors (Lipinski definition) is 5. The fraction of sp³-hybridized carbons (Fsp3) is 0.875. The molecule has 7 N–H and O–H groups in total. The molecule has 1 saturated heterocycles. The normalized spacial score (nSPS) is 14.6. The quantitative estimate of drug-likeness (QED) is 0.440. The first-order valence-electron chi connectivity index (χ1n) is 8.78. The van der Waals surface area contributed by atoms with Crippen LogP contribution in [0.4, 0.5) is 0 Å². The van der Waals surface area contributed by atoms with Crippen molar-refractivity contribution in [1.29, 1.82) is 0 Å². The highest BCUT2D eigenvalue weighted by Crippen LogP contribution is 2.12. The van der Waals surface area contributed by atoms with Crippen LogP contribution in [-0.4, -0.2) is 56.0 Å². The van der Waals surface area contributed by atoms with E-state index in [1.165, 1.54) is 12.8 Å². The van der Waals surface area contributed by atoms with Crippen LogP contribution in [0, 0.1) is 0 Å². The predicted octanol–water partition coefficient (Wildman–Crippen LogP) is -0.0719. The number of rotatable bonds is 9.